The first-order chi connectivity index (χ1) is 9.85. The van der Waals surface area contributed by atoms with E-state index in [0.29, 0.717) is 5.92 Å². The maximum atomic E-state index is 12.1. The summed E-state index contributed by atoms with van der Waals surface area (Å²) in [5.74, 6) is -0.217. The summed E-state index contributed by atoms with van der Waals surface area (Å²) in [6, 6.07) is 3.68. The summed E-state index contributed by atoms with van der Waals surface area (Å²) < 4.78 is 31.3. The largest absolute Gasteiger partial charge is 0.465 e. The summed E-state index contributed by atoms with van der Waals surface area (Å²) in [6.45, 7) is 0.184. The lowest BCUT2D eigenvalue weighted by Gasteiger charge is -2.12. The maximum absolute atomic E-state index is 12.1. The second-order valence-corrected chi connectivity index (χ2v) is 7.16. The van der Waals surface area contributed by atoms with Gasteiger partial charge in [0.05, 0.1) is 22.6 Å². The zero-order valence-electron chi connectivity index (χ0n) is 11.5. The molecule has 0 unspecified atom stereocenters. The quantitative estimate of drug-likeness (QED) is 0.761. The van der Waals surface area contributed by atoms with E-state index >= 15 is 0 Å². The molecule has 1 saturated carbocycles. The van der Waals surface area contributed by atoms with Crippen molar-refractivity contribution < 1.29 is 17.9 Å². The highest BCUT2D eigenvalue weighted by Gasteiger charge is 2.29. The van der Waals surface area contributed by atoms with E-state index in [-0.39, 0.29) is 28.1 Å². The van der Waals surface area contributed by atoms with E-state index in [1.54, 1.807) is 0 Å². The Balaban J connectivity index is 2.12. The molecular weight excluding hydrogens is 316 g/mol. The summed E-state index contributed by atoms with van der Waals surface area (Å²) in [6.07, 6.45) is 2.09. The van der Waals surface area contributed by atoms with Gasteiger partial charge in [0.15, 0.2) is 0 Å². The molecule has 0 bridgehead atoms. The first kappa shape index (κ1) is 16.2. The number of nitrogens with one attached hydrogen (secondary N) is 1. The van der Waals surface area contributed by atoms with Crippen molar-refractivity contribution in [2.24, 2.45) is 11.7 Å². The van der Waals surface area contributed by atoms with Crippen LogP contribution in [0.25, 0.3) is 0 Å². The van der Waals surface area contributed by atoms with Gasteiger partial charge in [0.2, 0.25) is 10.0 Å². The lowest BCUT2D eigenvalue weighted by atomic mass is 10.2. The monoisotopic (exact) mass is 332 g/mol. The van der Waals surface area contributed by atoms with Crippen molar-refractivity contribution in [2.45, 2.75) is 23.8 Å². The summed E-state index contributed by atoms with van der Waals surface area (Å²) in [5.41, 5.74) is 5.98. The standard InChI is InChI=1S/C13H17ClN2O4S/c1-20-13(17)10-5-4-9(6-11(10)14)21(18,19)16-7-12(15)8-2-3-8/h4-6,8,12,16H,2-3,7,15H2,1H3/t12-/m0/s1. The average Bonchev–Trinajstić information content (AvgIpc) is 3.28. The number of nitrogens with two attached hydrogens (primary N) is 1. The molecule has 1 aromatic carbocycles. The molecular formula is C13H17ClN2O4S. The molecule has 0 heterocycles. The first-order valence-electron chi connectivity index (χ1n) is 6.48. The number of carbonyl (C=O) groups is 1. The van der Waals surface area contributed by atoms with Crippen LogP contribution in [0.5, 0.6) is 0 Å². The van der Waals surface area contributed by atoms with E-state index in [2.05, 4.69) is 9.46 Å². The molecule has 6 nitrogen and oxygen atoms in total. The Labute approximate surface area is 128 Å². The van der Waals surface area contributed by atoms with Crippen LogP contribution in [0.1, 0.15) is 23.2 Å². The topological polar surface area (TPSA) is 98.5 Å². The molecule has 21 heavy (non-hydrogen) atoms. The fourth-order valence-corrected chi connectivity index (χ4v) is 3.34. The van der Waals surface area contributed by atoms with Gasteiger partial charge in [-0.2, -0.15) is 0 Å². The van der Waals surface area contributed by atoms with Crippen LogP contribution in [0.15, 0.2) is 23.1 Å². The van der Waals surface area contributed by atoms with Crippen molar-refractivity contribution in [1.29, 1.82) is 0 Å². The zero-order chi connectivity index (χ0) is 15.6. The molecule has 1 aliphatic carbocycles. The van der Waals surface area contributed by atoms with Crippen LogP contribution in [0.3, 0.4) is 0 Å². The molecule has 1 aliphatic rings. The van der Waals surface area contributed by atoms with Crippen LogP contribution in [-0.4, -0.2) is 34.1 Å². The Morgan fingerprint density at radius 3 is 2.71 bits per heavy atom. The van der Waals surface area contributed by atoms with Crippen molar-refractivity contribution in [3.8, 4) is 0 Å². The fraction of sp³-hybridized carbons (Fsp3) is 0.462. The van der Waals surface area contributed by atoms with Gasteiger partial charge in [0, 0.05) is 12.6 Å². The second kappa shape index (κ2) is 6.31. The number of sulfonamides is 1. The van der Waals surface area contributed by atoms with Crippen LogP contribution in [0.2, 0.25) is 5.02 Å². The Bertz CT molecular complexity index is 644. The van der Waals surface area contributed by atoms with Gasteiger partial charge >= 0.3 is 5.97 Å². The fourth-order valence-electron chi connectivity index (χ4n) is 1.92. The Morgan fingerprint density at radius 2 is 2.19 bits per heavy atom. The summed E-state index contributed by atoms with van der Waals surface area (Å²) in [7, 11) is -2.47. The minimum absolute atomic E-state index is 0.0110. The first-order valence-corrected chi connectivity index (χ1v) is 8.34. The van der Waals surface area contributed by atoms with E-state index < -0.39 is 16.0 Å². The highest BCUT2D eigenvalue weighted by Crippen LogP contribution is 2.31. The number of esters is 1. The van der Waals surface area contributed by atoms with Crippen LogP contribution >= 0.6 is 11.6 Å². The number of ether oxygens (including phenoxy) is 1. The molecule has 1 atom stereocenters. The van der Waals surface area contributed by atoms with Gasteiger partial charge in [0.1, 0.15) is 0 Å². The van der Waals surface area contributed by atoms with Gasteiger partial charge in [-0.05, 0) is 37.0 Å². The van der Waals surface area contributed by atoms with Gasteiger partial charge in [-0.25, -0.2) is 17.9 Å². The van der Waals surface area contributed by atoms with Gasteiger partial charge in [0.25, 0.3) is 0 Å². The van der Waals surface area contributed by atoms with Crippen LogP contribution in [-0.2, 0) is 14.8 Å². The third kappa shape index (κ3) is 3.94. The van der Waals surface area contributed by atoms with Crippen LogP contribution < -0.4 is 10.5 Å². The Kier molecular flexibility index (Phi) is 4.88. The molecule has 0 saturated heterocycles. The summed E-state index contributed by atoms with van der Waals surface area (Å²) in [5, 5.41) is 0.0243. The van der Waals surface area contributed by atoms with Gasteiger partial charge in [-0.1, -0.05) is 11.6 Å². The number of hydrogen-bond donors (Lipinski definition) is 2. The second-order valence-electron chi connectivity index (χ2n) is 4.99. The molecule has 0 radical (unpaired) electrons. The molecule has 1 aromatic rings. The predicted molar refractivity (Wildman–Crippen MR) is 78.7 cm³/mol. The number of halogens is 1. The molecule has 0 amide bonds. The Morgan fingerprint density at radius 1 is 1.52 bits per heavy atom. The zero-order valence-corrected chi connectivity index (χ0v) is 13.1. The smallest absolute Gasteiger partial charge is 0.339 e. The Hall–Kier alpha value is -1.15. The molecule has 1 fully saturated rings. The van der Waals surface area contributed by atoms with Crippen molar-refractivity contribution in [3.63, 3.8) is 0 Å². The van der Waals surface area contributed by atoms with Crippen LogP contribution in [0, 0.1) is 5.92 Å². The predicted octanol–water partition coefficient (Wildman–Crippen LogP) is 1.14. The van der Waals surface area contributed by atoms with Crippen molar-refractivity contribution >= 4 is 27.6 Å². The minimum Gasteiger partial charge on any atom is -0.465 e. The number of hydrogen-bond acceptors (Lipinski definition) is 5. The van der Waals surface area contributed by atoms with E-state index in [1.165, 1.54) is 25.3 Å². The number of carbonyl (C=O) groups excluding carboxylic acids is 1. The molecule has 0 aliphatic heterocycles. The normalized spacial score (nSPS) is 16.5. The number of rotatable bonds is 6. The lowest BCUT2D eigenvalue weighted by Crippen LogP contribution is -2.38. The van der Waals surface area contributed by atoms with Gasteiger partial charge < -0.3 is 10.5 Å². The van der Waals surface area contributed by atoms with E-state index in [0.717, 1.165) is 12.8 Å². The molecule has 3 N–H and O–H groups in total. The molecule has 0 aromatic heterocycles. The molecule has 8 heteroatoms. The van der Waals surface area contributed by atoms with Crippen molar-refractivity contribution in [1.82, 2.24) is 4.72 Å². The van der Waals surface area contributed by atoms with E-state index in [1.807, 2.05) is 0 Å². The number of benzene rings is 1. The summed E-state index contributed by atoms with van der Waals surface area (Å²) >= 11 is 5.91. The molecule has 2 rings (SSSR count). The highest BCUT2D eigenvalue weighted by atomic mass is 35.5. The van der Waals surface area contributed by atoms with Crippen molar-refractivity contribution in [3.05, 3.63) is 28.8 Å². The summed E-state index contributed by atoms with van der Waals surface area (Å²) in [4.78, 5) is 11.4. The third-order valence-electron chi connectivity index (χ3n) is 3.39. The molecule has 0 spiro atoms. The van der Waals surface area contributed by atoms with E-state index in [4.69, 9.17) is 17.3 Å². The SMILES string of the molecule is COC(=O)c1ccc(S(=O)(=O)NC[C@H](N)C2CC2)cc1Cl. The maximum Gasteiger partial charge on any atom is 0.339 e. The van der Waals surface area contributed by atoms with Crippen LogP contribution in [0.4, 0.5) is 0 Å². The average molecular weight is 333 g/mol. The minimum atomic E-state index is -3.70. The number of methoxy groups -OCH3 is 1. The van der Waals surface area contributed by atoms with Crippen molar-refractivity contribution in [2.75, 3.05) is 13.7 Å². The molecule has 116 valence electrons. The van der Waals surface area contributed by atoms with Gasteiger partial charge in [-0.15, -0.1) is 0 Å². The lowest BCUT2D eigenvalue weighted by molar-refractivity contribution is 0.0601. The van der Waals surface area contributed by atoms with E-state index in [9.17, 15) is 13.2 Å². The highest BCUT2D eigenvalue weighted by molar-refractivity contribution is 7.89. The third-order valence-corrected chi connectivity index (χ3v) is 5.13. The van der Waals surface area contributed by atoms with Gasteiger partial charge in [-0.3, -0.25) is 0 Å².